The second-order valence-corrected chi connectivity index (χ2v) is 18.3. The average molecular weight is 960 g/mol. The van der Waals surface area contributed by atoms with Crippen LogP contribution in [0.5, 0.6) is 0 Å². The van der Waals surface area contributed by atoms with Gasteiger partial charge in [0.25, 0.3) is 17.7 Å². The van der Waals surface area contributed by atoms with Crippen LogP contribution in [0.1, 0.15) is 93.4 Å². The molecule has 0 spiro atoms. The molecule has 9 rings (SSSR count). The van der Waals surface area contributed by atoms with E-state index < -0.39 is 70.4 Å². The number of carbonyl (C=O) groups is 5. The quantitative estimate of drug-likeness (QED) is 0.115. The number of benzene rings is 3. The fourth-order valence-corrected chi connectivity index (χ4v) is 9.35. The number of alkyl halides is 3. The SMILES string of the molecule is Cc1cc(-c2cc(F)c(CN3CCC(N4CCN(c5cc6c(cc5F)C(=O)N(C5CCC(=O)NC5=O)C6=O)CC4)CC3)c(F)c2)ccc1-n1cc(C(=O)NCc2nc(C(C)(C)C(F)(F)F)n[nH]2)cn1. The van der Waals surface area contributed by atoms with Crippen molar-refractivity contribution in [3.8, 4) is 16.8 Å². The molecule has 0 saturated carbocycles. The van der Waals surface area contributed by atoms with Crippen molar-refractivity contribution in [1.82, 2.24) is 50.3 Å². The molecule has 2 aromatic heterocycles. The predicted molar refractivity (Wildman–Crippen MR) is 235 cm³/mol. The van der Waals surface area contributed by atoms with Crippen molar-refractivity contribution < 1.29 is 50.3 Å². The van der Waals surface area contributed by atoms with E-state index in [4.69, 9.17) is 0 Å². The summed E-state index contributed by atoms with van der Waals surface area (Å²) in [7, 11) is 0. The van der Waals surface area contributed by atoms with Crippen LogP contribution in [-0.2, 0) is 28.1 Å². The molecular formula is C47H47F6N11O5. The molecule has 362 valence electrons. The first kappa shape index (κ1) is 47.1. The minimum absolute atomic E-state index is 0.00211. The Hall–Kier alpha value is -6.94. The molecule has 3 saturated heterocycles. The van der Waals surface area contributed by atoms with Gasteiger partial charge in [-0.3, -0.25) is 49.1 Å². The standard InChI is InChI=1S/C47H47F6N11O5/c1-25-16-26(4-5-36(25)63-23-28(21-55-63)41(66)54-22-39-56-45(59-58-39)46(2,3)47(51,52)53)27-17-33(48)32(34(49)18-27)24-60-10-8-29(9-11-60)61-12-14-62(15-13-61)38-20-31-30(19-35(38)50)43(68)64(44(31)69)37-6-7-40(65)57-42(37)67/h4-5,16-21,23,29,37H,6-15,22,24H2,1-3H3,(H,54,66)(H,56,58,59)(H,57,65,67). The van der Waals surface area contributed by atoms with Gasteiger partial charge in [-0.25, -0.2) is 22.8 Å². The summed E-state index contributed by atoms with van der Waals surface area (Å²) in [6.45, 7) is 6.93. The zero-order chi connectivity index (χ0) is 49.1. The number of H-pyrrole nitrogens is 1. The molecule has 0 aliphatic carbocycles. The Labute approximate surface area is 391 Å². The molecule has 4 aliphatic heterocycles. The number of rotatable bonds is 11. The average Bonchev–Trinajstić information content (AvgIpc) is 4.06. The molecule has 3 aromatic carbocycles. The first-order chi connectivity index (χ1) is 32.8. The zero-order valence-corrected chi connectivity index (χ0v) is 37.7. The van der Waals surface area contributed by atoms with Gasteiger partial charge in [0.15, 0.2) is 5.82 Å². The molecule has 3 fully saturated rings. The Bertz CT molecular complexity index is 2860. The number of nitrogens with zero attached hydrogens (tertiary/aromatic N) is 8. The number of hydrogen-bond acceptors (Lipinski definition) is 11. The highest BCUT2D eigenvalue weighted by atomic mass is 19.4. The Morgan fingerprint density at radius 3 is 2.16 bits per heavy atom. The lowest BCUT2D eigenvalue weighted by molar-refractivity contribution is -0.182. The number of piperidine rings is 2. The van der Waals surface area contributed by atoms with E-state index in [-0.39, 0.29) is 65.7 Å². The molecule has 5 amide bonds. The van der Waals surface area contributed by atoms with E-state index in [1.54, 1.807) is 25.1 Å². The van der Waals surface area contributed by atoms with Crippen LogP contribution in [0.25, 0.3) is 16.8 Å². The molecule has 1 atom stereocenters. The number of likely N-dealkylation sites (tertiary alicyclic amines) is 1. The van der Waals surface area contributed by atoms with Gasteiger partial charge < -0.3 is 10.2 Å². The molecular weight excluding hydrogens is 913 g/mol. The van der Waals surface area contributed by atoms with Crippen LogP contribution in [0.3, 0.4) is 0 Å². The number of fused-ring (bicyclic) bond motifs is 1. The molecule has 0 radical (unpaired) electrons. The maximum Gasteiger partial charge on any atom is 0.401 e. The van der Waals surface area contributed by atoms with E-state index in [0.717, 1.165) is 37.7 Å². The fourth-order valence-electron chi connectivity index (χ4n) is 9.35. The third-order valence-electron chi connectivity index (χ3n) is 13.6. The fraction of sp³-hybridized carbons (Fsp3) is 0.404. The van der Waals surface area contributed by atoms with Gasteiger partial charge in [-0.2, -0.15) is 23.4 Å². The van der Waals surface area contributed by atoms with Crippen LogP contribution in [0, 0.1) is 24.4 Å². The van der Waals surface area contributed by atoms with Gasteiger partial charge in [0.05, 0.1) is 40.8 Å². The van der Waals surface area contributed by atoms with Gasteiger partial charge >= 0.3 is 6.18 Å². The summed E-state index contributed by atoms with van der Waals surface area (Å²) in [5.41, 5.74) is 0.123. The lowest BCUT2D eigenvalue weighted by Gasteiger charge is -2.43. The van der Waals surface area contributed by atoms with Crippen LogP contribution in [-0.4, -0.2) is 127 Å². The van der Waals surface area contributed by atoms with Crippen LogP contribution < -0.4 is 15.5 Å². The van der Waals surface area contributed by atoms with Crippen LogP contribution in [0.2, 0.25) is 0 Å². The number of amides is 5. The van der Waals surface area contributed by atoms with E-state index in [9.17, 15) is 37.1 Å². The van der Waals surface area contributed by atoms with Crippen molar-refractivity contribution in [2.75, 3.05) is 44.2 Å². The molecule has 22 heteroatoms. The summed E-state index contributed by atoms with van der Waals surface area (Å²) in [5, 5.41) is 15.1. The minimum atomic E-state index is -4.57. The van der Waals surface area contributed by atoms with Crippen molar-refractivity contribution in [3.05, 3.63) is 112 Å². The van der Waals surface area contributed by atoms with E-state index in [1.165, 1.54) is 35.3 Å². The number of halogens is 6. The lowest BCUT2D eigenvalue weighted by atomic mass is 9.92. The summed E-state index contributed by atoms with van der Waals surface area (Å²) in [4.78, 5) is 74.3. The molecule has 6 heterocycles. The highest BCUT2D eigenvalue weighted by Crippen LogP contribution is 2.39. The monoisotopic (exact) mass is 959 g/mol. The summed E-state index contributed by atoms with van der Waals surface area (Å²) in [6.07, 6.45) is -0.282. The van der Waals surface area contributed by atoms with E-state index in [0.29, 0.717) is 61.6 Å². The van der Waals surface area contributed by atoms with E-state index in [2.05, 4.69) is 35.8 Å². The molecule has 16 nitrogen and oxygen atoms in total. The Balaban J connectivity index is 0.763. The van der Waals surface area contributed by atoms with Crippen molar-refractivity contribution in [2.24, 2.45) is 0 Å². The highest BCUT2D eigenvalue weighted by Gasteiger charge is 2.51. The summed E-state index contributed by atoms with van der Waals surface area (Å²) in [5.74, 6) is -5.66. The second kappa shape index (κ2) is 18.2. The molecule has 69 heavy (non-hydrogen) atoms. The number of carbonyl (C=O) groups excluding carboxylic acids is 5. The molecule has 3 N–H and O–H groups in total. The van der Waals surface area contributed by atoms with Gasteiger partial charge in [0, 0.05) is 56.9 Å². The first-order valence-electron chi connectivity index (χ1n) is 22.4. The number of nitrogens with one attached hydrogen (secondary N) is 3. The Morgan fingerprint density at radius 1 is 0.826 bits per heavy atom. The summed E-state index contributed by atoms with van der Waals surface area (Å²) >= 11 is 0. The first-order valence-corrected chi connectivity index (χ1v) is 22.4. The molecule has 0 bridgehead atoms. The number of anilines is 1. The van der Waals surface area contributed by atoms with Gasteiger partial charge in [-0.1, -0.05) is 6.07 Å². The normalized spacial score (nSPS) is 18.8. The highest BCUT2D eigenvalue weighted by molar-refractivity contribution is 6.23. The Morgan fingerprint density at radius 2 is 1.51 bits per heavy atom. The lowest BCUT2D eigenvalue weighted by Crippen LogP contribution is -2.54. The number of aromatic amines is 1. The summed E-state index contributed by atoms with van der Waals surface area (Å²) < 4.78 is 88.5. The van der Waals surface area contributed by atoms with Gasteiger partial charge in [0.1, 0.15) is 34.7 Å². The number of aryl methyl sites for hydroxylation is 1. The maximum absolute atomic E-state index is 15.7. The molecule has 1 unspecified atom stereocenters. The van der Waals surface area contributed by atoms with E-state index in [1.807, 2.05) is 9.80 Å². The third-order valence-corrected chi connectivity index (χ3v) is 13.6. The van der Waals surface area contributed by atoms with Crippen molar-refractivity contribution in [3.63, 3.8) is 0 Å². The summed E-state index contributed by atoms with van der Waals surface area (Å²) in [6, 6.07) is 9.24. The second-order valence-electron chi connectivity index (χ2n) is 18.3. The molecule has 4 aliphatic rings. The number of piperazine rings is 1. The topological polar surface area (TPSA) is 182 Å². The van der Waals surface area contributed by atoms with E-state index >= 15 is 13.2 Å². The maximum atomic E-state index is 15.7. The van der Waals surface area contributed by atoms with Crippen LogP contribution in [0.4, 0.5) is 32.0 Å². The smallest absolute Gasteiger partial charge is 0.367 e. The zero-order valence-electron chi connectivity index (χ0n) is 37.7. The largest absolute Gasteiger partial charge is 0.401 e. The number of imide groups is 2. The third kappa shape index (κ3) is 9.09. The minimum Gasteiger partial charge on any atom is -0.367 e. The molecule has 5 aromatic rings. The van der Waals surface area contributed by atoms with Crippen molar-refractivity contribution >= 4 is 35.2 Å². The Kier molecular flexibility index (Phi) is 12.4. The van der Waals surface area contributed by atoms with Gasteiger partial charge in [0.2, 0.25) is 11.8 Å². The van der Waals surface area contributed by atoms with Crippen LogP contribution in [0.15, 0.2) is 54.9 Å². The predicted octanol–water partition coefficient (Wildman–Crippen LogP) is 5.34. The van der Waals surface area contributed by atoms with Crippen LogP contribution >= 0.6 is 0 Å². The van der Waals surface area contributed by atoms with Gasteiger partial charge in [-0.05, 0) is 106 Å². The van der Waals surface area contributed by atoms with Crippen molar-refractivity contribution in [2.45, 2.75) is 83.2 Å². The number of aromatic nitrogens is 5. The van der Waals surface area contributed by atoms with Gasteiger partial charge in [-0.15, -0.1) is 0 Å². The van der Waals surface area contributed by atoms with Crippen molar-refractivity contribution in [1.29, 1.82) is 0 Å². The number of hydrogen-bond donors (Lipinski definition) is 3.